The van der Waals surface area contributed by atoms with Crippen molar-refractivity contribution in [3.8, 4) is 0 Å². The molecule has 0 saturated carbocycles. The lowest BCUT2D eigenvalue weighted by Crippen LogP contribution is -2.11. The van der Waals surface area contributed by atoms with Gasteiger partial charge in [0, 0.05) is 29.2 Å². The highest BCUT2D eigenvalue weighted by Crippen LogP contribution is 2.10. The van der Waals surface area contributed by atoms with Gasteiger partial charge in [-0.2, -0.15) is 0 Å². The third-order valence-electron chi connectivity index (χ3n) is 2.03. The minimum absolute atomic E-state index is 0.779. The summed E-state index contributed by atoms with van der Waals surface area (Å²) in [5.41, 5.74) is 3.09. The molecule has 0 unspecified atom stereocenters. The molecule has 4 heteroatoms. The monoisotopic (exact) mass is 238 g/mol. The maximum Gasteiger partial charge on any atom is 0.0794 e. The maximum absolute atomic E-state index is 5.80. The van der Waals surface area contributed by atoms with Crippen LogP contribution in [0.25, 0.3) is 0 Å². The lowest BCUT2D eigenvalue weighted by atomic mass is 10.2. The molecule has 0 aliphatic rings. The normalized spacial score (nSPS) is 10.5. The molecule has 0 aliphatic carbocycles. The molecular weight excluding hydrogens is 228 g/mol. The number of nitrogens with zero attached hydrogens (tertiary/aromatic N) is 1. The number of aromatic nitrogens is 1. The Morgan fingerprint density at radius 1 is 1.20 bits per heavy atom. The summed E-state index contributed by atoms with van der Waals surface area (Å²) >= 11 is 7.47. The molecule has 1 heterocycles. The maximum atomic E-state index is 5.80. The Labute approximate surface area is 97.9 Å². The first-order valence-corrected chi connectivity index (χ1v) is 5.93. The molecule has 0 fully saturated rings. The third kappa shape index (κ3) is 3.30. The Balaban J connectivity index is 1.81. The average molecular weight is 239 g/mol. The van der Waals surface area contributed by atoms with Crippen LogP contribution in [-0.2, 0) is 13.1 Å². The molecule has 0 radical (unpaired) electrons. The Bertz CT molecular complexity index is 397. The van der Waals surface area contributed by atoms with Crippen molar-refractivity contribution < 1.29 is 0 Å². The van der Waals surface area contributed by atoms with Crippen molar-refractivity contribution in [3.05, 3.63) is 51.4 Å². The van der Waals surface area contributed by atoms with Crippen LogP contribution in [0.15, 0.2) is 36.0 Å². The van der Waals surface area contributed by atoms with Gasteiger partial charge in [0.15, 0.2) is 0 Å². The van der Waals surface area contributed by atoms with Crippen LogP contribution in [0.5, 0.6) is 0 Å². The number of benzene rings is 1. The first-order valence-electron chi connectivity index (χ1n) is 4.67. The zero-order valence-electron chi connectivity index (χ0n) is 8.11. The number of hydrogen-bond donors (Lipinski definition) is 1. The van der Waals surface area contributed by atoms with Gasteiger partial charge in [0.25, 0.3) is 0 Å². The smallest absolute Gasteiger partial charge is 0.0794 e. The van der Waals surface area contributed by atoms with E-state index in [2.05, 4.69) is 10.3 Å². The molecule has 1 aromatic carbocycles. The van der Waals surface area contributed by atoms with Gasteiger partial charge in [0.05, 0.1) is 5.51 Å². The van der Waals surface area contributed by atoms with Crippen LogP contribution in [0.4, 0.5) is 0 Å². The Morgan fingerprint density at radius 2 is 2.00 bits per heavy atom. The highest BCUT2D eigenvalue weighted by atomic mass is 35.5. The van der Waals surface area contributed by atoms with Crippen molar-refractivity contribution in [3.63, 3.8) is 0 Å². The summed E-state index contributed by atoms with van der Waals surface area (Å²) in [7, 11) is 0. The van der Waals surface area contributed by atoms with Gasteiger partial charge in [0.2, 0.25) is 0 Å². The predicted molar refractivity (Wildman–Crippen MR) is 64.1 cm³/mol. The molecule has 2 aromatic rings. The fraction of sp³-hybridized carbons (Fsp3) is 0.182. The lowest BCUT2D eigenvalue weighted by Gasteiger charge is -2.02. The van der Waals surface area contributed by atoms with E-state index < -0.39 is 0 Å². The summed E-state index contributed by atoms with van der Waals surface area (Å²) in [5, 5.41) is 4.13. The van der Waals surface area contributed by atoms with E-state index >= 15 is 0 Å². The molecular formula is C11H11ClN2S. The molecule has 15 heavy (non-hydrogen) atoms. The number of nitrogens with one attached hydrogen (secondary N) is 1. The van der Waals surface area contributed by atoms with Crippen LogP contribution in [0.2, 0.25) is 5.02 Å². The number of halogens is 1. The van der Waals surface area contributed by atoms with E-state index in [4.69, 9.17) is 11.6 Å². The third-order valence-corrected chi connectivity index (χ3v) is 3.06. The summed E-state index contributed by atoms with van der Waals surface area (Å²) in [5.74, 6) is 0. The van der Waals surface area contributed by atoms with Crippen LogP contribution >= 0.6 is 22.9 Å². The van der Waals surface area contributed by atoms with E-state index in [9.17, 15) is 0 Å². The molecule has 78 valence electrons. The number of rotatable bonds is 4. The number of hydrogen-bond acceptors (Lipinski definition) is 3. The lowest BCUT2D eigenvalue weighted by molar-refractivity contribution is 0.700. The average Bonchev–Trinajstić information content (AvgIpc) is 2.74. The molecule has 0 amide bonds. The summed E-state index contributed by atoms with van der Waals surface area (Å²) < 4.78 is 0. The van der Waals surface area contributed by atoms with Crippen LogP contribution in [-0.4, -0.2) is 4.98 Å². The van der Waals surface area contributed by atoms with Crippen molar-refractivity contribution in [1.29, 1.82) is 0 Å². The fourth-order valence-electron chi connectivity index (χ4n) is 1.26. The zero-order chi connectivity index (χ0) is 10.5. The Morgan fingerprint density at radius 3 is 2.67 bits per heavy atom. The van der Waals surface area contributed by atoms with Gasteiger partial charge in [-0.05, 0) is 17.7 Å². The van der Waals surface area contributed by atoms with Crippen molar-refractivity contribution in [2.45, 2.75) is 13.1 Å². The molecule has 1 N–H and O–H groups in total. The van der Waals surface area contributed by atoms with Crippen LogP contribution in [0.1, 0.15) is 10.4 Å². The van der Waals surface area contributed by atoms with Gasteiger partial charge in [0.1, 0.15) is 0 Å². The van der Waals surface area contributed by atoms with E-state index in [0.29, 0.717) is 0 Å². The molecule has 0 spiro atoms. The SMILES string of the molecule is Clc1ccc(CNCc2cncs2)cc1. The molecule has 1 aromatic heterocycles. The van der Waals surface area contributed by atoms with E-state index in [1.54, 1.807) is 11.3 Å². The van der Waals surface area contributed by atoms with Gasteiger partial charge in [-0.1, -0.05) is 23.7 Å². The topological polar surface area (TPSA) is 24.9 Å². The van der Waals surface area contributed by atoms with Gasteiger partial charge in [-0.25, -0.2) is 0 Å². The minimum Gasteiger partial charge on any atom is -0.308 e. The van der Waals surface area contributed by atoms with Gasteiger partial charge in [-0.15, -0.1) is 11.3 Å². The Hall–Kier alpha value is -0.900. The van der Waals surface area contributed by atoms with Gasteiger partial charge >= 0.3 is 0 Å². The van der Waals surface area contributed by atoms with Crippen LogP contribution < -0.4 is 5.32 Å². The predicted octanol–water partition coefficient (Wildman–Crippen LogP) is 3.09. The zero-order valence-corrected chi connectivity index (χ0v) is 9.68. The van der Waals surface area contributed by atoms with E-state index in [1.165, 1.54) is 10.4 Å². The van der Waals surface area contributed by atoms with E-state index in [0.717, 1.165) is 18.1 Å². The summed E-state index contributed by atoms with van der Waals surface area (Å²) in [6.45, 7) is 1.72. The van der Waals surface area contributed by atoms with Crippen molar-refractivity contribution in [1.82, 2.24) is 10.3 Å². The first kappa shape index (κ1) is 10.6. The van der Waals surface area contributed by atoms with E-state index in [-0.39, 0.29) is 0 Å². The second-order valence-electron chi connectivity index (χ2n) is 3.20. The molecule has 2 rings (SSSR count). The highest BCUT2D eigenvalue weighted by molar-refractivity contribution is 7.09. The molecule has 0 saturated heterocycles. The molecule has 0 aliphatic heterocycles. The summed E-state index contributed by atoms with van der Waals surface area (Å²) in [6, 6.07) is 7.88. The molecule has 0 bridgehead atoms. The summed E-state index contributed by atoms with van der Waals surface area (Å²) in [4.78, 5) is 5.27. The molecule has 2 nitrogen and oxygen atoms in total. The van der Waals surface area contributed by atoms with E-state index in [1.807, 2.05) is 36.0 Å². The van der Waals surface area contributed by atoms with Crippen LogP contribution in [0, 0.1) is 0 Å². The van der Waals surface area contributed by atoms with Crippen molar-refractivity contribution in [2.75, 3.05) is 0 Å². The van der Waals surface area contributed by atoms with Crippen LogP contribution in [0.3, 0.4) is 0 Å². The second kappa shape index (κ2) is 5.26. The quantitative estimate of drug-likeness (QED) is 0.886. The fourth-order valence-corrected chi connectivity index (χ4v) is 1.95. The first-order chi connectivity index (χ1) is 7.34. The number of thiazole rings is 1. The standard InChI is InChI=1S/C11H11ClN2S/c12-10-3-1-9(2-4-10)5-13-6-11-7-14-8-15-11/h1-4,7-8,13H,5-6H2. The Kier molecular flexibility index (Phi) is 3.72. The van der Waals surface area contributed by atoms with Crippen molar-refractivity contribution in [2.24, 2.45) is 0 Å². The van der Waals surface area contributed by atoms with Gasteiger partial charge in [-0.3, -0.25) is 4.98 Å². The summed E-state index contributed by atoms with van der Waals surface area (Å²) in [6.07, 6.45) is 1.89. The van der Waals surface area contributed by atoms with Gasteiger partial charge < -0.3 is 5.32 Å². The molecule has 0 atom stereocenters. The van der Waals surface area contributed by atoms with Crippen molar-refractivity contribution >= 4 is 22.9 Å². The second-order valence-corrected chi connectivity index (χ2v) is 4.61. The minimum atomic E-state index is 0.779. The largest absolute Gasteiger partial charge is 0.308 e. The highest BCUT2D eigenvalue weighted by Gasteiger charge is 1.95.